The molecule has 1 unspecified atom stereocenters. The van der Waals surface area contributed by atoms with Gasteiger partial charge in [-0.2, -0.15) is 0 Å². The van der Waals surface area contributed by atoms with E-state index in [1.165, 1.54) is 44.5 Å². The van der Waals surface area contributed by atoms with Gasteiger partial charge in [0.05, 0.1) is 5.69 Å². The monoisotopic (exact) mass is 367 g/mol. The number of aryl methyl sites for hydroxylation is 3. The van der Waals surface area contributed by atoms with E-state index in [1.807, 2.05) is 6.20 Å². The summed E-state index contributed by atoms with van der Waals surface area (Å²) >= 11 is 0. The van der Waals surface area contributed by atoms with E-state index >= 15 is 0 Å². The van der Waals surface area contributed by atoms with Crippen LogP contribution in [0.1, 0.15) is 47.6 Å². The predicted octanol–water partition coefficient (Wildman–Crippen LogP) is 7.12. The third-order valence-electron chi connectivity index (χ3n) is 6.45. The topological polar surface area (TPSA) is 12.9 Å². The summed E-state index contributed by atoms with van der Waals surface area (Å²) in [4.78, 5) is 4.80. The van der Waals surface area contributed by atoms with Crippen LogP contribution in [0, 0.1) is 20.8 Å². The molecule has 4 rings (SSSR count). The highest BCUT2D eigenvalue weighted by molar-refractivity contribution is 5.79. The summed E-state index contributed by atoms with van der Waals surface area (Å²) in [5.41, 5.74) is 12.0. The van der Waals surface area contributed by atoms with Crippen molar-refractivity contribution in [1.29, 1.82) is 0 Å². The van der Waals surface area contributed by atoms with Crippen LogP contribution in [0.5, 0.6) is 0 Å². The van der Waals surface area contributed by atoms with Gasteiger partial charge in [-0.05, 0) is 79.5 Å². The number of hydrogen-bond acceptors (Lipinski definition) is 1. The van der Waals surface area contributed by atoms with Crippen LogP contribution >= 0.6 is 0 Å². The largest absolute Gasteiger partial charge is 0.256 e. The van der Waals surface area contributed by atoms with Gasteiger partial charge in [0.15, 0.2) is 0 Å². The normalized spacial score (nSPS) is 17.7. The Labute approximate surface area is 169 Å². The lowest BCUT2D eigenvalue weighted by Gasteiger charge is -2.38. The maximum atomic E-state index is 4.80. The van der Waals surface area contributed by atoms with Crippen molar-refractivity contribution in [2.45, 2.75) is 52.4 Å². The second-order valence-electron chi connectivity index (χ2n) is 8.35. The molecule has 1 atom stereocenters. The van der Waals surface area contributed by atoms with Gasteiger partial charge in [-0.1, -0.05) is 55.0 Å². The fourth-order valence-corrected chi connectivity index (χ4v) is 5.19. The number of rotatable bonds is 4. The third kappa shape index (κ3) is 2.90. The molecule has 1 nitrogen and oxygen atoms in total. The van der Waals surface area contributed by atoms with Crippen LogP contribution in [-0.4, -0.2) is 4.98 Å². The zero-order valence-corrected chi connectivity index (χ0v) is 17.5. The molecule has 0 N–H and O–H groups in total. The van der Waals surface area contributed by atoms with Crippen molar-refractivity contribution in [2.75, 3.05) is 0 Å². The Morgan fingerprint density at radius 2 is 1.82 bits per heavy atom. The molecule has 1 heteroatoms. The highest BCUT2D eigenvalue weighted by Crippen LogP contribution is 2.47. The van der Waals surface area contributed by atoms with E-state index in [-0.39, 0.29) is 5.41 Å². The van der Waals surface area contributed by atoms with Crippen LogP contribution in [0.25, 0.3) is 22.4 Å². The second-order valence-corrected chi connectivity index (χ2v) is 8.35. The number of allylic oxidation sites excluding steroid dienone is 1. The number of fused-ring (bicyclic) bond motifs is 3. The molecule has 0 amide bonds. The molecule has 0 spiro atoms. The first-order valence-corrected chi connectivity index (χ1v) is 10.3. The van der Waals surface area contributed by atoms with E-state index in [4.69, 9.17) is 4.98 Å². The summed E-state index contributed by atoms with van der Waals surface area (Å²) in [6.07, 6.45) is 7.10. The van der Waals surface area contributed by atoms with Gasteiger partial charge in [0, 0.05) is 17.2 Å². The summed E-state index contributed by atoms with van der Waals surface area (Å²) in [5.74, 6) is 0. The Bertz CT molecular complexity index is 1040. The van der Waals surface area contributed by atoms with Gasteiger partial charge < -0.3 is 0 Å². The average molecular weight is 368 g/mol. The van der Waals surface area contributed by atoms with Crippen molar-refractivity contribution in [1.82, 2.24) is 4.98 Å². The molecule has 0 saturated heterocycles. The summed E-state index contributed by atoms with van der Waals surface area (Å²) in [6, 6.07) is 15.9. The maximum absolute atomic E-state index is 4.80. The molecule has 3 aromatic rings. The van der Waals surface area contributed by atoms with Crippen LogP contribution < -0.4 is 0 Å². The zero-order chi connectivity index (χ0) is 19.9. The Balaban J connectivity index is 1.92. The molecule has 1 aromatic heterocycles. The minimum atomic E-state index is 0.0916. The Kier molecular flexibility index (Phi) is 4.71. The Morgan fingerprint density at radius 1 is 1.07 bits per heavy atom. The molecule has 1 heterocycles. The van der Waals surface area contributed by atoms with Gasteiger partial charge in [-0.25, -0.2) is 0 Å². The fourth-order valence-electron chi connectivity index (χ4n) is 5.19. The van der Waals surface area contributed by atoms with E-state index in [9.17, 15) is 0 Å². The van der Waals surface area contributed by atoms with Gasteiger partial charge in [-0.15, -0.1) is 6.58 Å². The predicted molar refractivity (Wildman–Crippen MR) is 120 cm³/mol. The van der Waals surface area contributed by atoms with Crippen molar-refractivity contribution in [3.8, 4) is 22.4 Å². The van der Waals surface area contributed by atoms with Gasteiger partial charge in [0.25, 0.3) is 0 Å². The van der Waals surface area contributed by atoms with E-state index in [1.54, 1.807) is 0 Å². The van der Waals surface area contributed by atoms with Gasteiger partial charge in [0.2, 0.25) is 0 Å². The van der Waals surface area contributed by atoms with Gasteiger partial charge in [-0.3, -0.25) is 4.98 Å². The summed E-state index contributed by atoms with van der Waals surface area (Å²) in [7, 11) is 0. The second kappa shape index (κ2) is 7.05. The van der Waals surface area contributed by atoms with E-state index in [0.29, 0.717) is 0 Å². The average Bonchev–Trinajstić information content (AvgIpc) is 2.67. The van der Waals surface area contributed by atoms with E-state index in [0.717, 1.165) is 25.0 Å². The van der Waals surface area contributed by atoms with E-state index < -0.39 is 0 Å². The lowest BCUT2D eigenvalue weighted by molar-refractivity contribution is 0.407. The lowest BCUT2D eigenvalue weighted by Crippen LogP contribution is -2.32. The smallest absolute Gasteiger partial charge is 0.0742 e. The number of hydrogen-bond donors (Lipinski definition) is 0. The van der Waals surface area contributed by atoms with Crippen molar-refractivity contribution < 1.29 is 0 Å². The minimum Gasteiger partial charge on any atom is -0.256 e. The standard InChI is InChI=1S/C27H29N/c1-6-12-27(7-2)17-22-16-21(25-19(4)14-18(3)15-20(25)5)10-11-23(22)26-24(27)9-8-13-28-26/h6,8-11,13-16H,1,7,12,17H2,2-5H3. The molecule has 0 fully saturated rings. The molecular weight excluding hydrogens is 338 g/mol. The lowest BCUT2D eigenvalue weighted by atomic mass is 9.65. The molecule has 0 aliphatic heterocycles. The van der Waals surface area contributed by atoms with Crippen LogP contribution in [0.15, 0.2) is 61.3 Å². The Morgan fingerprint density at radius 3 is 2.50 bits per heavy atom. The van der Waals surface area contributed by atoms with Gasteiger partial charge in [0.1, 0.15) is 0 Å². The van der Waals surface area contributed by atoms with Crippen LogP contribution in [0.4, 0.5) is 0 Å². The number of nitrogens with zero attached hydrogens (tertiary/aromatic N) is 1. The molecule has 0 saturated carbocycles. The first kappa shape index (κ1) is 18.7. The molecule has 142 valence electrons. The number of benzene rings is 2. The van der Waals surface area contributed by atoms with Crippen molar-refractivity contribution in [3.63, 3.8) is 0 Å². The number of pyridine rings is 1. The van der Waals surface area contributed by atoms with Crippen LogP contribution in [0.3, 0.4) is 0 Å². The van der Waals surface area contributed by atoms with E-state index in [2.05, 4.69) is 82.8 Å². The number of aromatic nitrogens is 1. The van der Waals surface area contributed by atoms with Crippen LogP contribution in [-0.2, 0) is 11.8 Å². The van der Waals surface area contributed by atoms with Gasteiger partial charge >= 0.3 is 0 Å². The minimum absolute atomic E-state index is 0.0916. The molecular formula is C27H29N. The Hall–Kier alpha value is -2.67. The molecule has 1 aliphatic carbocycles. The zero-order valence-electron chi connectivity index (χ0n) is 17.5. The van der Waals surface area contributed by atoms with Crippen molar-refractivity contribution in [2.24, 2.45) is 0 Å². The van der Waals surface area contributed by atoms with Crippen molar-refractivity contribution in [3.05, 3.63) is 89.1 Å². The molecule has 28 heavy (non-hydrogen) atoms. The van der Waals surface area contributed by atoms with Crippen molar-refractivity contribution >= 4 is 0 Å². The summed E-state index contributed by atoms with van der Waals surface area (Å²) < 4.78 is 0. The highest BCUT2D eigenvalue weighted by Gasteiger charge is 2.37. The molecule has 2 aromatic carbocycles. The fraction of sp³-hybridized carbons (Fsp3) is 0.296. The summed E-state index contributed by atoms with van der Waals surface area (Å²) in [6.45, 7) is 13.0. The summed E-state index contributed by atoms with van der Waals surface area (Å²) in [5, 5.41) is 0. The first-order chi connectivity index (χ1) is 13.5. The molecule has 0 radical (unpaired) electrons. The quantitative estimate of drug-likeness (QED) is 0.447. The van der Waals surface area contributed by atoms with Crippen LogP contribution in [0.2, 0.25) is 0 Å². The third-order valence-corrected chi connectivity index (χ3v) is 6.45. The maximum Gasteiger partial charge on any atom is 0.0742 e. The SMILES string of the molecule is C=CCC1(CC)Cc2cc(-c3c(C)cc(C)cc3C)ccc2-c2ncccc21. The highest BCUT2D eigenvalue weighted by atomic mass is 14.7. The molecule has 0 bridgehead atoms. The first-order valence-electron chi connectivity index (χ1n) is 10.3. The molecule has 1 aliphatic rings.